The van der Waals surface area contributed by atoms with Crippen LogP contribution in [0.5, 0.6) is 0 Å². The smallest absolute Gasteiger partial charge is 0.233 e. The van der Waals surface area contributed by atoms with Gasteiger partial charge < -0.3 is 14.5 Å². The number of carbonyl (C=O) groups is 2. The lowest BCUT2D eigenvalue weighted by molar-refractivity contribution is -0.146. The van der Waals surface area contributed by atoms with E-state index in [1.165, 1.54) is 5.56 Å². The number of hydrogen-bond acceptors (Lipinski definition) is 3. The van der Waals surface area contributed by atoms with E-state index in [1.807, 2.05) is 24.3 Å². The van der Waals surface area contributed by atoms with Crippen LogP contribution in [0.4, 0.5) is 0 Å². The number of benzene rings is 2. The zero-order chi connectivity index (χ0) is 24.5. The molecule has 3 aliphatic rings. The summed E-state index contributed by atoms with van der Waals surface area (Å²) >= 11 is 0. The van der Waals surface area contributed by atoms with Crippen molar-refractivity contribution in [3.05, 3.63) is 71.8 Å². The molecule has 3 aliphatic heterocycles. The van der Waals surface area contributed by atoms with Crippen LogP contribution in [0.1, 0.15) is 63.0 Å². The molecule has 5 nitrogen and oxygen atoms in total. The third-order valence-corrected chi connectivity index (χ3v) is 8.47. The predicted octanol–water partition coefficient (Wildman–Crippen LogP) is 4.77. The van der Waals surface area contributed by atoms with Gasteiger partial charge in [0.15, 0.2) is 0 Å². The highest BCUT2D eigenvalue weighted by molar-refractivity contribution is 5.89. The molecule has 0 aromatic heterocycles. The van der Waals surface area contributed by atoms with Gasteiger partial charge in [0.1, 0.15) is 0 Å². The Morgan fingerprint density at radius 1 is 1.00 bits per heavy atom. The Morgan fingerprint density at radius 3 is 2.31 bits per heavy atom. The van der Waals surface area contributed by atoms with Crippen LogP contribution < -0.4 is 0 Å². The zero-order valence-electron chi connectivity index (χ0n) is 21.1. The van der Waals surface area contributed by atoms with E-state index in [-0.39, 0.29) is 23.3 Å². The number of amides is 2. The van der Waals surface area contributed by atoms with Gasteiger partial charge >= 0.3 is 0 Å². The number of carbonyl (C=O) groups excluding carboxylic acids is 2. The van der Waals surface area contributed by atoms with Crippen LogP contribution in [0.15, 0.2) is 60.7 Å². The highest BCUT2D eigenvalue weighted by Gasteiger charge is 2.57. The van der Waals surface area contributed by atoms with Crippen molar-refractivity contribution in [2.24, 2.45) is 5.92 Å². The van der Waals surface area contributed by atoms with Crippen molar-refractivity contribution >= 4 is 11.8 Å². The molecule has 0 N–H and O–H groups in total. The van der Waals surface area contributed by atoms with Gasteiger partial charge in [0.05, 0.1) is 11.0 Å². The first kappa shape index (κ1) is 24.1. The van der Waals surface area contributed by atoms with E-state index in [1.54, 1.807) is 0 Å². The molecule has 3 heterocycles. The molecule has 0 aliphatic carbocycles. The lowest BCUT2D eigenvalue weighted by Crippen LogP contribution is -2.60. The first-order valence-electron chi connectivity index (χ1n) is 13.2. The summed E-state index contributed by atoms with van der Waals surface area (Å²) < 4.78 is 5.71. The van der Waals surface area contributed by atoms with Gasteiger partial charge in [-0.2, -0.15) is 0 Å². The van der Waals surface area contributed by atoms with Gasteiger partial charge in [0.25, 0.3) is 0 Å². The van der Waals surface area contributed by atoms with Crippen LogP contribution in [0.3, 0.4) is 0 Å². The largest absolute Gasteiger partial charge is 0.381 e. The molecule has 0 radical (unpaired) electrons. The second-order valence-electron chi connectivity index (χ2n) is 11.1. The van der Waals surface area contributed by atoms with E-state index in [0.29, 0.717) is 51.5 Å². The van der Waals surface area contributed by atoms with E-state index >= 15 is 0 Å². The molecular formula is C30H38N2O3. The van der Waals surface area contributed by atoms with E-state index in [0.717, 1.165) is 24.9 Å². The van der Waals surface area contributed by atoms with Crippen molar-refractivity contribution in [2.45, 2.75) is 62.8 Å². The summed E-state index contributed by atoms with van der Waals surface area (Å²) in [6.45, 7) is 7.55. The Balaban J connectivity index is 1.56. The molecule has 186 valence electrons. The maximum Gasteiger partial charge on any atom is 0.233 e. The number of likely N-dealkylation sites (tertiary alicyclic amines) is 2. The summed E-state index contributed by atoms with van der Waals surface area (Å²) in [5.41, 5.74) is 1.41. The minimum absolute atomic E-state index is 0.114. The molecular weight excluding hydrogens is 436 g/mol. The van der Waals surface area contributed by atoms with E-state index in [4.69, 9.17) is 4.74 Å². The molecule has 2 atom stereocenters. The second kappa shape index (κ2) is 9.77. The average Bonchev–Trinajstić information content (AvgIpc) is 3.27. The average molecular weight is 475 g/mol. The highest BCUT2D eigenvalue weighted by atomic mass is 16.5. The summed E-state index contributed by atoms with van der Waals surface area (Å²) in [6, 6.07) is 20.8. The SMILES string of the molecule is CC(C)CN1C(=O)CCC[C@]12CN(C(=O)C1(c3ccccc3)CCOCC1)C[C@H]2c1ccccc1. The van der Waals surface area contributed by atoms with Crippen molar-refractivity contribution in [1.29, 1.82) is 0 Å². The number of ether oxygens (including phenoxy) is 1. The maximum atomic E-state index is 14.5. The summed E-state index contributed by atoms with van der Waals surface area (Å²) in [6.07, 6.45) is 3.83. The summed E-state index contributed by atoms with van der Waals surface area (Å²) in [7, 11) is 0. The van der Waals surface area contributed by atoms with E-state index in [2.05, 4.69) is 60.0 Å². The number of piperidine rings is 1. The molecule has 3 saturated heterocycles. The van der Waals surface area contributed by atoms with Crippen molar-refractivity contribution in [3.63, 3.8) is 0 Å². The van der Waals surface area contributed by atoms with Crippen LogP contribution in [0.25, 0.3) is 0 Å². The Kier molecular flexibility index (Phi) is 6.71. The first-order valence-corrected chi connectivity index (χ1v) is 13.2. The van der Waals surface area contributed by atoms with E-state index in [9.17, 15) is 9.59 Å². The molecule has 2 aromatic rings. The number of nitrogens with zero attached hydrogens (tertiary/aromatic N) is 2. The lowest BCUT2D eigenvalue weighted by Gasteiger charge is -2.49. The van der Waals surface area contributed by atoms with Crippen molar-refractivity contribution in [2.75, 3.05) is 32.8 Å². The van der Waals surface area contributed by atoms with Gasteiger partial charge in [-0.05, 0) is 42.7 Å². The zero-order valence-corrected chi connectivity index (χ0v) is 21.1. The summed E-state index contributed by atoms with van der Waals surface area (Å²) in [4.78, 5) is 32.1. The third kappa shape index (κ3) is 4.29. The number of rotatable bonds is 5. The number of hydrogen-bond donors (Lipinski definition) is 0. The molecule has 2 amide bonds. The second-order valence-corrected chi connectivity index (χ2v) is 11.1. The van der Waals surface area contributed by atoms with Crippen LogP contribution in [-0.2, 0) is 19.7 Å². The Morgan fingerprint density at radius 2 is 1.66 bits per heavy atom. The quantitative estimate of drug-likeness (QED) is 0.627. The fourth-order valence-corrected chi connectivity index (χ4v) is 6.80. The van der Waals surface area contributed by atoms with Gasteiger partial charge in [-0.3, -0.25) is 9.59 Å². The third-order valence-electron chi connectivity index (χ3n) is 8.47. The van der Waals surface area contributed by atoms with Crippen molar-refractivity contribution in [1.82, 2.24) is 9.80 Å². The molecule has 0 bridgehead atoms. The monoisotopic (exact) mass is 474 g/mol. The molecule has 3 fully saturated rings. The van der Waals surface area contributed by atoms with Gasteiger partial charge in [0.2, 0.25) is 11.8 Å². The minimum Gasteiger partial charge on any atom is -0.381 e. The fraction of sp³-hybridized carbons (Fsp3) is 0.533. The van der Waals surface area contributed by atoms with Crippen molar-refractivity contribution in [3.8, 4) is 0 Å². The van der Waals surface area contributed by atoms with Gasteiger partial charge in [-0.15, -0.1) is 0 Å². The van der Waals surface area contributed by atoms with Crippen LogP contribution >= 0.6 is 0 Å². The molecule has 5 rings (SSSR count). The van der Waals surface area contributed by atoms with Crippen LogP contribution in [-0.4, -0.2) is 60.0 Å². The molecule has 0 unspecified atom stereocenters. The van der Waals surface area contributed by atoms with Crippen molar-refractivity contribution < 1.29 is 14.3 Å². The topological polar surface area (TPSA) is 49.9 Å². The normalized spacial score (nSPS) is 26.5. The maximum absolute atomic E-state index is 14.5. The van der Waals surface area contributed by atoms with Crippen LogP contribution in [0.2, 0.25) is 0 Å². The standard InChI is InChI=1S/C30H38N2O3/c1-23(2)20-32-27(33)14-9-15-30(32)22-31(21-26(30)24-10-5-3-6-11-24)28(34)29(16-18-35-19-17-29)25-12-7-4-8-13-25/h3-8,10-13,23,26H,9,14-22H2,1-2H3/t26-,30+/m0/s1. The fourth-order valence-electron chi connectivity index (χ4n) is 6.80. The van der Waals surface area contributed by atoms with Gasteiger partial charge in [-0.25, -0.2) is 0 Å². The summed E-state index contributed by atoms with van der Waals surface area (Å²) in [5, 5.41) is 0. The van der Waals surface area contributed by atoms with Gasteiger partial charge in [0, 0.05) is 45.2 Å². The molecule has 1 spiro atoms. The molecule has 2 aromatic carbocycles. The Bertz CT molecular complexity index is 1030. The Hall–Kier alpha value is -2.66. The lowest BCUT2D eigenvalue weighted by atomic mass is 9.73. The Labute approximate surface area is 209 Å². The molecule has 35 heavy (non-hydrogen) atoms. The molecule has 0 saturated carbocycles. The van der Waals surface area contributed by atoms with Gasteiger partial charge in [-0.1, -0.05) is 74.5 Å². The minimum atomic E-state index is -0.562. The van der Waals surface area contributed by atoms with Crippen LogP contribution in [0, 0.1) is 5.92 Å². The first-order chi connectivity index (χ1) is 17.0. The van der Waals surface area contributed by atoms with E-state index < -0.39 is 5.41 Å². The molecule has 5 heteroatoms. The summed E-state index contributed by atoms with van der Waals surface area (Å²) in [5.74, 6) is 0.931. The predicted molar refractivity (Wildman–Crippen MR) is 137 cm³/mol. The highest BCUT2D eigenvalue weighted by Crippen LogP contribution is 2.48.